The van der Waals surface area contributed by atoms with Crippen LogP contribution in [-0.2, 0) is 24.4 Å². The molecule has 0 amide bonds. The number of aliphatic hydroxyl groups is 1. The Balaban J connectivity index is 1.27. The number of aromatic nitrogens is 1. The molecule has 6 rings (SSSR count). The third-order valence-corrected chi connectivity index (χ3v) is 7.92. The highest BCUT2D eigenvalue weighted by atomic mass is 35.5. The molecule has 0 spiro atoms. The number of nitrogens with one attached hydrogen (secondary N) is 1. The van der Waals surface area contributed by atoms with Crippen LogP contribution in [0.3, 0.4) is 0 Å². The summed E-state index contributed by atoms with van der Waals surface area (Å²) in [7, 11) is 0. The highest BCUT2D eigenvalue weighted by Crippen LogP contribution is 2.44. The van der Waals surface area contributed by atoms with Gasteiger partial charge in [0.1, 0.15) is 36.3 Å². The molecular weight excluding hydrogens is 586 g/mol. The second kappa shape index (κ2) is 12.8. The summed E-state index contributed by atoms with van der Waals surface area (Å²) in [6, 6.07) is 18.0. The van der Waals surface area contributed by atoms with E-state index in [1.807, 2.05) is 24.3 Å². The second-order valence-electron chi connectivity index (χ2n) is 10.4. The first-order valence-corrected chi connectivity index (χ1v) is 14.4. The number of nitrogens with zero attached hydrogens (tertiary/aromatic N) is 2. The fourth-order valence-corrected chi connectivity index (χ4v) is 5.65. The Morgan fingerprint density at radius 1 is 1.14 bits per heavy atom. The number of fused-ring (bicyclic) bond motifs is 2. The van der Waals surface area contributed by atoms with Gasteiger partial charge in [-0.25, -0.2) is 0 Å². The predicted octanol–water partition coefficient (Wildman–Crippen LogP) is 5.18. The van der Waals surface area contributed by atoms with Gasteiger partial charge in [0, 0.05) is 36.1 Å². The quantitative estimate of drug-likeness (QED) is 0.207. The van der Waals surface area contributed by atoms with Crippen molar-refractivity contribution in [3.8, 4) is 40.2 Å². The maximum absolute atomic E-state index is 11.4. The first-order chi connectivity index (χ1) is 21.4. The Bertz CT molecular complexity index is 1760. The van der Waals surface area contributed by atoms with Crippen molar-refractivity contribution >= 4 is 17.6 Å². The summed E-state index contributed by atoms with van der Waals surface area (Å²) in [5.41, 5.74) is 6.06. The lowest BCUT2D eigenvalue weighted by Crippen LogP contribution is -2.39. The number of carboxylic acids is 1. The second-order valence-corrected chi connectivity index (χ2v) is 10.8. The number of carbonyl (C=O) groups is 1. The molecule has 1 aromatic heterocycles. The first kappa shape index (κ1) is 29.3. The number of aliphatic hydroxyl groups excluding tert-OH is 1. The number of benzene rings is 3. The third kappa shape index (κ3) is 6.12. The van der Waals surface area contributed by atoms with Crippen LogP contribution in [0, 0.1) is 11.3 Å². The van der Waals surface area contributed by atoms with E-state index in [1.54, 1.807) is 24.4 Å². The lowest BCUT2D eigenvalue weighted by atomic mass is 9.96. The topological polar surface area (TPSA) is 143 Å². The van der Waals surface area contributed by atoms with Gasteiger partial charge in [0.2, 0.25) is 6.79 Å². The van der Waals surface area contributed by atoms with Crippen LogP contribution in [0.5, 0.6) is 23.0 Å². The molecule has 44 heavy (non-hydrogen) atoms. The van der Waals surface area contributed by atoms with Gasteiger partial charge >= 0.3 is 5.97 Å². The largest absolute Gasteiger partial charge is 0.488 e. The van der Waals surface area contributed by atoms with E-state index in [-0.39, 0.29) is 26.0 Å². The summed E-state index contributed by atoms with van der Waals surface area (Å²) in [4.78, 5) is 15.5. The van der Waals surface area contributed by atoms with Gasteiger partial charge in [0.15, 0.2) is 11.5 Å². The van der Waals surface area contributed by atoms with Crippen LogP contribution in [0.15, 0.2) is 67.0 Å². The molecule has 3 N–H and O–H groups in total. The zero-order valence-corrected chi connectivity index (χ0v) is 24.2. The number of halogens is 1. The summed E-state index contributed by atoms with van der Waals surface area (Å²) in [6.45, 7) is -0.200. The highest BCUT2D eigenvalue weighted by molar-refractivity contribution is 6.32. The molecule has 2 atom stereocenters. The lowest BCUT2D eigenvalue weighted by Gasteiger charge is -2.20. The molecule has 1 aliphatic carbocycles. The zero-order chi connectivity index (χ0) is 30.6. The number of ether oxygens (including phenoxy) is 4. The molecule has 0 saturated heterocycles. The van der Waals surface area contributed by atoms with Gasteiger partial charge in [0.25, 0.3) is 0 Å². The minimum Gasteiger partial charge on any atom is -0.488 e. The van der Waals surface area contributed by atoms with Crippen LogP contribution in [0.4, 0.5) is 0 Å². The first-order valence-electron chi connectivity index (χ1n) is 14.0. The Morgan fingerprint density at radius 3 is 2.82 bits per heavy atom. The predicted molar refractivity (Wildman–Crippen MR) is 160 cm³/mol. The molecule has 2 heterocycles. The standard InChI is InChI=1S/C33H28ClN3O7/c34-26-9-22(15-37-27(16-38)33(39)40)30(41-17-20-8-19(12-35)13-36-14-20)11-31(26)44-28-7-5-24-23(2-1-3-25(24)28)21-4-6-29-32(10-21)43-18-42-29/h1-4,6,8-11,13-14,27-28,37-38H,5,7,15-18H2,(H,39,40)/t27-,28-/m0/s1. The summed E-state index contributed by atoms with van der Waals surface area (Å²) >= 11 is 6.71. The maximum Gasteiger partial charge on any atom is 0.323 e. The Kier molecular flexibility index (Phi) is 8.52. The van der Waals surface area contributed by atoms with E-state index in [4.69, 9.17) is 30.5 Å². The van der Waals surface area contributed by atoms with Crippen molar-refractivity contribution in [3.63, 3.8) is 0 Å². The summed E-state index contributed by atoms with van der Waals surface area (Å²) in [6.07, 6.45) is 4.37. The van der Waals surface area contributed by atoms with E-state index in [0.717, 1.165) is 41.0 Å². The van der Waals surface area contributed by atoms with Gasteiger partial charge in [0.05, 0.1) is 17.2 Å². The monoisotopic (exact) mass is 613 g/mol. The number of hydrogen-bond donors (Lipinski definition) is 3. The summed E-state index contributed by atoms with van der Waals surface area (Å²) in [5.74, 6) is 1.10. The molecule has 11 heteroatoms. The van der Waals surface area contributed by atoms with Gasteiger partial charge in [-0.1, -0.05) is 35.9 Å². The molecular formula is C33H28ClN3O7. The van der Waals surface area contributed by atoms with Crippen molar-refractivity contribution in [2.24, 2.45) is 0 Å². The smallest absolute Gasteiger partial charge is 0.323 e. The number of pyridine rings is 1. The van der Waals surface area contributed by atoms with Crippen molar-refractivity contribution in [2.45, 2.75) is 38.1 Å². The van der Waals surface area contributed by atoms with Crippen molar-refractivity contribution in [3.05, 3.63) is 99.8 Å². The van der Waals surface area contributed by atoms with Crippen molar-refractivity contribution in [1.82, 2.24) is 10.3 Å². The molecule has 0 bridgehead atoms. The van der Waals surface area contributed by atoms with Gasteiger partial charge < -0.3 is 29.2 Å². The molecule has 3 aromatic carbocycles. The molecule has 0 saturated carbocycles. The number of carboxylic acid groups (broad SMARTS) is 1. The van der Waals surface area contributed by atoms with E-state index < -0.39 is 18.6 Å². The molecule has 4 aromatic rings. The zero-order valence-electron chi connectivity index (χ0n) is 23.5. The summed E-state index contributed by atoms with van der Waals surface area (Å²) < 4.78 is 23.7. The molecule has 0 fully saturated rings. The van der Waals surface area contributed by atoms with Crippen LogP contribution in [0.25, 0.3) is 11.1 Å². The lowest BCUT2D eigenvalue weighted by molar-refractivity contribution is -0.140. The Morgan fingerprint density at radius 2 is 2.00 bits per heavy atom. The normalized spacial score (nSPS) is 15.3. The van der Waals surface area contributed by atoms with E-state index in [1.165, 1.54) is 11.8 Å². The molecule has 0 unspecified atom stereocenters. The van der Waals surface area contributed by atoms with Crippen LogP contribution in [0.1, 0.15) is 40.3 Å². The van der Waals surface area contributed by atoms with Crippen LogP contribution in [0.2, 0.25) is 5.02 Å². The Hall–Kier alpha value is -4.82. The van der Waals surface area contributed by atoms with Crippen molar-refractivity contribution < 1.29 is 34.0 Å². The third-order valence-electron chi connectivity index (χ3n) is 7.62. The fraction of sp³-hybridized carbons (Fsp3) is 0.242. The van der Waals surface area contributed by atoms with Crippen molar-refractivity contribution in [1.29, 1.82) is 5.26 Å². The van der Waals surface area contributed by atoms with E-state index in [9.17, 15) is 20.3 Å². The highest BCUT2D eigenvalue weighted by Gasteiger charge is 2.28. The number of aliphatic carboxylic acids is 1. The van der Waals surface area contributed by atoms with E-state index >= 15 is 0 Å². The van der Waals surface area contributed by atoms with Crippen LogP contribution in [-0.4, -0.2) is 40.6 Å². The van der Waals surface area contributed by atoms with Gasteiger partial charge in [-0.15, -0.1) is 0 Å². The molecule has 0 radical (unpaired) electrons. The summed E-state index contributed by atoms with van der Waals surface area (Å²) in [5, 5.41) is 31.2. The van der Waals surface area contributed by atoms with Crippen LogP contribution < -0.4 is 24.3 Å². The van der Waals surface area contributed by atoms with E-state index in [0.29, 0.717) is 33.2 Å². The Labute approximate surface area is 258 Å². The van der Waals surface area contributed by atoms with Crippen molar-refractivity contribution in [2.75, 3.05) is 13.4 Å². The number of nitriles is 1. The average Bonchev–Trinajstić information content (AvgIpc) is 3.68. The molecule has 2 aliphatic rings. The minimum atomic E-state index is -1.18. The number of hydrogen-bond acceptors (Lipinski definition) is 9. The number of rotatable bonds is 11. The average molecular weight is 614 g/mol. The minimum absolute atomic E-state index is 0.0640. The fourth-order valence-electron chi connectivity index (χ4n) is 5.42. The van der Waals surface area contributed by atoms with E-state index in [2.05, 4.69) is 28.5 Å². The van der Waals surface area contributed by atoms with Gasteiger partial charge in [-0.3, -0.25) is 15.1 Å². The maximum atomic E-state index is 11.4. The molecule has 10 nitrogen and oxygen atoms in total. The van der Waals surface area contributed by atoms with Gasteiger partial charge in [-0.05, 0) is 59.4 Å². The SMILES string of the molecule is N#Cc1cncc(COc2cc(O[C@H]3CCc4c(-c5ccc6c(c5)OCO6)cccc43)c(Cl)cc2CN[C@@H](CO)C(=O)O)c1. The van der Waals surface area contributed by atoms with Crippen LogP contribution >= 0.6 is 11.6 Å². The van der Waals surface area contributed by atoms with Gasteiger partial charge in [-0.2, -0.15) is 5.26 Å². The molecule has 224 valence electrons. The molecule has 1 aliphatic heterocycles.